The van der Waals surface area contributed by atoms with E-state index in [1.807, 2.05) is 0 Å². The summed E-state index contributed by atoms with van der Waals surface area (Å²) in [5, 5.41) is 4.41. The highest BCUT2D eigenvalue weighted by molar-refractivity contribution is 9.11. The summed E-state index contributed by atoms with van der Waals surface area (Å²) in [5.74, 6) is 0.689. The predicted octanol–water partition coefficient (Wildman–Crippen LogP) is 5.25. The lowest BCUT2D eigenvalue weighted by atomic mass is 10.0. The molecule has 4 heteroatoms. The topological polar surface area (TPSA) is 12.0 Å². The molecule has 0 aliphatic rings. The molecular weight excluding hydrogens is 306 g/mol. The first-order chi connectivity index (χ1) is 7.54. The van der Waals surface area contributed by atoms with Crippen LogP contribution >= 0.6 is 38.9 Å². The molecular formula is C12H19BrClNS. The Bertz CT molecular complexity index is 305. The van der Waals surface area contributed by atoms with Crippen LogP contribution in [0, 0.1) is 5.92 Å². The highest BCUT2D eigenvalue weighted by Crippen LogP contribution is 2.37. The Hall–Kier alpha value is 0.430. The molecule has 1 heterocycles. The van der Waals surface area contributed by atoms with Gasteiger partial charge >= 0.3 is 0 Å². The zero-order valence-corrected chi connectivity index (χ0v) is 13.2. The van der Waals surface area contributed by atoms with Crippen molar-refractivity contribution >= 4 is 38.9 Å². The van der Waals surface area contributed by atoms with Crippen LogP contribution in [0.5, 0.6) is 0 Å². The molecule has 1 rings (SSSR count). The molecule has 0 fully saturated rings. The Morgan fingerprint density at radius 1 is 1.50 bits per heavy atom. The van der Waals surface area contributed by atoms with E-state index in [0.717, 1.165) is 28.2 Å². The van der Waals surface area contributed by atoms with E-state index < -0.39 is 0 Å². The van der Waals surface area contributed by atoms with Crippen LogP contribution in [0.25, 0.3) is 0 Å². The van der Waals surface area contributed by atoms with Gasteiger partial charge in [-0.15, -0.1) is 11.3 Å². The molecule has 0 amide bonds. The van der Waals surface area contributed by atoms with Gasteiger partial charge in [-0.2, -0.15) is 0 Å². The lowest BCUT2D eigenvalue weighted by Crippen LogP contribution is -2.22. The number of hydrogen-bond donors (Lipinski definition) is 1. The minimum absolute atomic E-state index is 0.439. The van der Waals surface area contributed by atoms with Crippen LogP contribution in [0.1, 0.15) is 44.5 Å². The van der Waals surface area contributed by atoms with E-state index in [4.69, 9.17) is 11.6 Å². The van der Waals surface area contributed by atoms with Gasteiger partial charge in [0, 0.05) is 10.9 Å². The Balaban J connectivity index is 2.74. The van der Waals surface area contributed by atoms with E-state index in [0.29, 0.717) is 12.0 Å². The molecule has 1 N–H and O–H groups in total. The SMILES string of the molecule is CCCNC(CC(C)C)c1cc(Cl)c(Br)s1. The van der Waals surface area contributed by atoms with Gasteiger partial charge in [-0.3, -0.25) is 0 Å². The molecule has 0 aromatic carbocycles. The zero-order chi connectivity index (χ0) is 12.1. The van der Waals surface area contributed by atoms with Crippen molar-refractivity contribution in [2.45, 2.75) is 39.7 Å². The summed E-state index contributed by atoms with van der Waals surface area (Å²) < 4.78 is 1.04. The van der Waals surface area contributed by atoms with Gasteiger partial charge in [0.05, 0.1) is 8.81 Å². The molecule has 0 aliphatic heterocycles. The Kier molecular flexibility index (Phi) is 6.34. The molecule has 0 radical (unpaired) electrons. The fraction of sp³-hybridized carbons (Fsp3) is 0.667. The van der Waals surface area contributed by atoms with Gasteiger partial charge in [-0.05, 0) is 47.3 Å². The van der Waals surface area contributed by atoms with Crippen LogP contribution in [-0.2, 0) is 0 Å². The highest BCUT2D eigenvalue weighted by Gasteiger charge is 2.16. The van der Waals surface area contributed by atoms with Gasteiger partial charge in [0.2, 0.25) is 0 Å². The minimum Gasteiger partial charge on any atom is -0.309 e. The van der Waals surface area contributed by atoms with Gasteiger partial charge < -0.3 is 5.32 Å². The molecule has 0 bridgehead atoms. The third kappa shape index (κ3) is 4.36. The quantitative estimate of drug-likeness (QED) is 0.753. The van der Waals surface area contributed by atoms with Crippen molar-refractivity contribution in [3.8, 4) is 0 Å². The van der Waals surface area contributed by atoms with Crippen LogP contribution in [0.15, 0.2) is 9.85 Å². The van der Waals surface area contributed by atoms with Gasteiger partial charge in [0.1, 0.15) is 0 Å². The van der Waals surface area contributed by atoms with E-state index in [-0.39, 0.29) is 0 Å². The second kappa shape index (κ2) is 7.00. The van der Waals surface area contributed by atoms with E-state index in [2.05, 4.69) is 48.1 Å². The normalized spacial score (nSPS) is 13.4. The Morgan fingerprint density at radius 2 is 2.19 bits per heavy atom. The predicted molar refractivity (Wildman–Crippen MR) is 77.5 cm³/mol. The first-order valence-corrected chi connectivity index (χ1v) is 7.71. The average Bonchev–Trinajstić information content (AvgIpc) is 2.53. The number of hydrogen-bond acceptors (Lipinski definition) is 2. The Labute approximate surface area is 116 Å². The molecule has 0 aliphatic carbocycles. The second-order valence-electron chi connectivity index (χ2n) is 4.41. The summed E-state index contributed by atoms with van der Waals surface area (Å²) >= 11 is 11.3. The molecule has 16 heavy (non-hydrogen) atoms. The molecule has 1 atom stereocenters. The van der Waals surface area contributed by atoms with Crippen molar-refractivity contribution in [2.75, 3.05) is 6.54 Å². The maximum absolute atomic E-state index is 6.08. The van der Waals surface area contributed by atoms with Crippen LogP contribution in [0.3, 0.4) is 0 Å². The molecule has 0 spiro atoms. The van der Waals surface area contributed by atoms with E-state index in [9.17, 15) is 0 Å². The third-order valence-corrected chi connectivity index (χ3v) is 4.94. The Morgan fingerprint density at radius 3 is 2.62 bits per heavy atom. The lowest BCUT2D eigenvalue weighted by molar-refractivity contribution is 0.435. The monoisotopic (exact) mass is 323 g/mol. The fourth-order valence-corrected chi connectivity index (χ4v) is 3.46. The summed E-state index contributed by atoms with van der Waals surface area (Å²) in [7, 11) is 0. The number of halogens is 2. The average molecular weight is 325 g/mol. The first kappa shape index (κ1) is 14.5. The standard InChI is InChI=1S/C12H19BrClNS/c1-4-5-15-10(6-8(2)3)11-7-9(14)12(13)16-11/h7-8,10,15H,4-6H2,1-3H3. The molecule has 1 aromatic heterocycles. The summed E-state index contributed by atoms with van der Waals surface area (Å²) in [6.07, 6.45) is 2.32. The van der Waals surface area contributed by atoms with Crippen LogP contribution in [0.4, 0.5) is 0 Å². The lowest BCUT2D eigenvalue weighted by Gasteiger charge is -2.19. The molecule has 92 valence electrons. The molecule has 1 nitrogen and oxygen atoms in total. The molecule has 0 saturated carbocycles. The van der Waals surface area contributed by atoms with Gasteiger partial charge in [0.25, 0.3) is 0 Å². The van der Waals surface area contributed by atoms with Crippen molar-refractivity contribution in [1.29, 1.82) is 0 Å². The maximum atomic E-state index is 6.08. The van der Waals surface area contributed by atoms with E-state index in [1.54, 1.807) is 11.3 Å². The largest absolute Gasteiger partial charge is 0.309 e. The number of rotatable bonds is 6. The van der Waals surface area contributed by atoms with Crippen LogP contribution < -0.4 is 5.32 Å². The van der Waals surface area contributed by atoms with Gasteiger partial charge in [0.15, 0.2) is 0 Å². The molecule has 1 unspecified atom stereocenters. The number of thiophene rings is 1. The van der Waals surface area contributed by atoms with Crippen molar-refractivity contribution < 1.29 is 0 Å². The van der Waals surface area contributed by atoms with Crippen molar-refractivity contribution in [2.24, 2.45) is 5.92 Å². The smallest absolute Gasteiger partial charge is 0.0887 e. The van der Waals surface area contributed by atoms with Crippen molar-refractivity contribution in [1.82, 2.24) is 5.32 Å². The maximum Gasteiger partial charge on any atom is 0.0887 e. The minimum atomic E-state index is 0.439. The van der Waals surface area contributed by atoms with Crippen molar-refractivity contribution in [3.63, 3.8) is 0 Å². The third-order valence-electron chi connectivity index (χ3n) is 2.36. The summed E-state index contributed by atoms with van der Waals surface area (Å²) in [6, 6.07) is 2.51. The zero-order valence-electron chi connectivity index (χ0n) is 10.0. The van der Waals surface area contributed by atoms with Gasteiger partial charge in [-0.1, -0.05) is 32.4 Å². The van der Waals surface area contributed by atoms with Crippen LogP contribution in [0.2, 0.25) is 5.02 Å². The summed E-state index contributed by atoms with van der Waals surface area (Å²) in [4.78, 5) is 1.33. The molecule has 1 aromatic rings. The summed E-state index contributed by atoms with van der Waals surface area (Å²) in [6.45, 7) is 7.76. The van der Waals surface area contributed by atoms with Crippen LogP contribution in [-0.4, -0.2) is 6.54 Å². The van der Waals surface area contributed by atoms with Crippen molar-refractivity contribution in [3.05, 3.63) is 19.8 Å². The highest BCUT2D eigenvalue weighted by atomic mass is 79.9. The first-order valence-electron chi connectivity index (χ1n) is 5.72. The van der Waals surface area contributed by atoms with E-state index in [1.165, 1.54) is 4.88 Å². The molecule has 0 saturated heterocycles. The fourth-order valence-electron chi connectivity index (χ4n) is 1.63. The van der Waals surface area contributed by atoms with Gasteiger partial charge in [-0.25, -0.2) is 0 Å². The number of nitrogens with one attached hydrogen (secondary N) is 1. The second-order valence-corrected chi connectivity index (χ2v) is 7.22. The van der Waals surface area contributed by atoms with E-state index >= 15 is 0 Å². The summed E-state index contributed by atoms with van der Waals surface area (Å²) in [5.41, 5.74) is 0.